The average Bonchev–Trinajstić information content (AvgIpc) is 3.28. The number of nitrogens with one attached hydrogen (secondary N) is 1. The van der Waals surface area contributed by atoms with Gasteiger partial charge in [-0.3, -0.25) is 10.1 Å². The largest absolute Gasteiger partial charge is 0.298 e. The summed E-state index contributed by atoms with van der Waals surface area (Å²) in [5, 5.41) is 5.09. The number of nitrogens with zero attached hydrogens (tertiary/aromatic N) is 1. The topological polar surface area (TPSA) is 76.1 Å². The number of benzene rings is 3. The Bertz CT molecular complexity index is 1310. The van der Waals surface area contributed by atoms with E-state index in [4.69, 9.17) is 0 Å². The lowest BCUT2D eigenvalue weighted by Gasteiger charge is -2.05. The van der Waals surface area contributed by atoms with Crippen LogP contribution >= 0.6 is 11.3 Å². The average molecular weight is 449 g/mol. The molecule has 4 rings (SSSR count). The van der Waals surface area contributed by atoms with Crippen LogP contribution in [-0.4, -0.2) is 25.1 Å². The van der Waals surface area contributed by atoms with Crippen molar-refractivity contribution in [2.45, 2.75) is 11.8 Å². The van der Waals surface area contributed by atoms with Crippen LogP contribution in [0, 0.1) is 0 Å². The van der Waals surface area contributed by atoms with E-state index >= 15 is 0 Å². The van der Waals surface area contributed by atoms with Gasteiger partial charge < -0.3 is 0 Å². The van der Waals surface area contributed by atoms with Gasteiger partial charge in [0.05, 0.1) is 16.3 Å². The van der Waals surface area contributed by atoms with Crippen molar-refractivity contribution in [2.24, 2.45) is 0 Å². The first-order valence-corrected chi connectivity index (χ1v) is 12.2. The first-order valence-electron chi connectivity index (χ1n) is 9.72. The van der Waals surface area contributed by atoms with E-state index in [-0.39, 0.29) is 16.2 Å². The molecule has 0 atom stereocenters. The molecule has 0 fully saturated rings. The third-order valence-electron chi connectivity index (χ3n) is 4.85. The number of amides is 1. The van der Waals surface area contributed by atoms with Gasteiger partial charge in [0.15, 0.2) is 15.0 Å². The van der Waals surface area contributed by atoms with E-state index in [0.717, 1.165) is 22.4 Å². The molecule has 1 aromatic heterocycles. The number of aromatic nitrogens is 1. The molecular weight excluding hydrogens is 428 g/mol. The molecule has 0 bridgehead atoms. The third kappa shape index (κ3) is 4.73. The van der Waals surface area contributed by atoms with Crippen LogP contribution in [0.15, 0.2) is 89.1 Å². The maximum atomic E-state index is 12.6. The van der Waals surface area contributed by atoms with Crippen LogP contribution < -0.4 is 5.32 Å². The van der Waals surface area contributed by atoms with Crippen molar-refractivity contribution in [1.82, 2.24) is 4.98 Å². The van der Waals surface area contributed by atoms with Gasteiger partial charge in [-0.1, -0.05) is 67.6 Å². The maximum Gasteiger partial charge on any atom is 0.257 e. The van der Waals surface area contributed by atoms with Crippen LogP contribution in [0.25, 0.3) is 22.4 Å². The smallest absolute Gasteiger partial charge is 0.257 e. The second kappa shape index (κ2) is 8.83. The highest BCUT2D eigenvalue weighted by Gasteiger charge is 2.15. The zero-order valence-corrected chi connectivity index (χ0v) is 18.4. The highest BCUT2D eigenvalue weighted by atomic mass is 32.2. The van der Waals surface area contributed by atoms with E-state index < -0.39 is 15.7 Å². The van der Waals surface area contributed by atoms with Gasteiger partial charge >= 0.3 is 0 Å². The Kier molecular flexibility index (Phi) is 5.97. The summed E-state index contributed by atoms with van der Waals surface area (Å²) < 4.78 is 24.1. The Labute approximate surface area is 185 Å². The SMILES string of the molecule is CCS(=O)(=O)c1cccc(C(=O)Nc2nc(-c3ccc(-c4ccccc4)cc3)cs2)c1. The quantitative estimate of drug-likeness (QED) is 0.421. The van der Waals surface area contributed by atoms with Crippen molar-refractivity contribution in [1.29, 1.82) is 0 Å². The summed E-state index contributed by atoms with van der Waals surface area (Å²) in [6.45, 7) is 1.57. The van der Waals surface area contributed by atoms with Crippen molar-refractivity contribution in [3.63, 3.8) is 0 Å². The molecule has 0 spiro atoms. The number of carbonyl (C=O) groups excluding carboxylic acids is 1. The van der Waals surface area contributed by atoms with E-state index in [2.05, 4.69) is 22.4 Å². The van der Waals surface area contributed by atoms with Crippen molar-refractivity contribution in [2.75, 3.05) is 11.1 Å². The fourth-order valence-electron chi connectivity index (χ4n) is 3.09. The molecule has 0 unspecified atom stereocenters. The molecule has 3 aromatic carbocycles. The van der Waals surface area contributed by atoms with Gasteiger partial charge in [-0.05, 0) is 29.3 Å². The molecule has 1 amide bonds. The molecule has 4 aromatic rings. The lowest BCUT2D eigenvalue weighted by molar-refractivity contribution is 0.102. The van der Waals surface area contributed by atoms with Crippen molar-refractivity contribution < 1.29 is 13.2 Å². The number of hydrogen-bond donors (Lipinski definition) is 1. The van der Waals surface area contributed by atoms with Gasteiger partial charge in [-0.15, -0.1) is 11.3 Å². The molecule has 1 N–H and O–H groups in total. The van der Waals surface area contributed by atoms with Crippen LogP contribution in [0.3, 0.4) is 0 Å². The van der Waals surface area contributed by atoms with Crippen molar-refractivity contribution >= 4 is 32.2 Å². The summed E-state index contributed by atoms with van der Waals surface area (Å²) >= 11 is 1.32. The minimum absolute atomic E-state index is 0.0169. The molecule has 0 aliphatic carbocycles. The Hall–Kier alpha value is -3.29. The molecule has 5 nitrogen and oxygen atoms in total. The highest BCUT2D eigenvalue weighted by molar-refractivity contribution is 7.91. The molecule has 156 valence electrons. The summed E-state index contributed by atoms with van der Waals surface area (Å²) in [6, 6.07) is 24.3. The first-order chi connectivity index (χ1) is 15.0. The van der Waals surface area contributed by atoms with E-state index in [1.807, 2.05) is 47.8 Å². The van der Waals surface area contributed by atoms with Crippen molar-refractivity contribution in [3.8, 4) is 22.4 Å². The van der Waals surface area contributed by atoms with E-state index in [1.54, 1.807) is 19.1 Å². The highest BCUT2D eigenvalue weighted by Crippen LogP contribution is 2.28. The molecule has 7 heteroatoms. The zero-order valence-electron chi connectivity index (χ0n) is 16.8. The Morgan fingerprint density at radius 2 is 1.58 bits per heavy atom. The normalized spacial score (nSPS) is 11.3. The molecule has 0 saturated carbocycles. The van der Waals surface area contributed by atoms with Crippen molar-refractivity contribution in [3.05, 3.63) is 89.8 Å². The maximum absolute atomic E-state index is 12.6. The molecule has 0 radical (unpaired) electrons. The second-order valence-corrected chi connectivity index (χ2v) is 10.0. The van der Waals surface area contributed by atoms with Crippen LogP contribution in [0.2, 0.25) is 0 Å². The monoisotopic (exact) mass is 448 g/mol. The van der Waals surface area contributed by atoms with E-state index in [0.29, 0.717) is 5.13 Å². The summed E-state index contributed by atoms with van der Waals surface area (Å²) in [7, 11) is -3.38. The summed E-state index contributed by atoms with van der Waals surface area (Å²) in [6.07, 6.45) is 0. The number of thiazole rings is 1. The van der Waals surface area contributed by atoms with Crippen LogP contribution in [-0.2, 0) is 9.84 Å². The first kappa shape index (κ1) is 21.0. The molecule has 31 heavy (non-hydrogen) atoms. The summed E-state index contributed by atoms with van der Waals surface area (Å²) in [4.78, 5) is 17.2. The molecule has 1 heterocycles. The predicted octanol–water partition coefficient (Wildman–Crippen LogP) is 5.52. The van der Waals surface area contributed by atoms with Crippen LogP contribution in [0.4, 0.5) is 5.13 Å². The minimum Gasteiger partial charge on any atom is -0.298 e. The molecule has 0 saturated heterocycles. The number of rotatable bonds is 6. The Balaban J connectivity index is 1.49. The van der Waals surface area contributed by atoms with Gasteiger partial charge in [0.25, 0.3) is 5.91 Å². The Morgan fingerprint density at radius 3 is 2.29 bits per heavy atom. The standard InChI is InChI=1S/C24H20N2O3S2/c1-2-31(28,29)21-10-6-9-20(15-21)23(27)26-24-25-22(16-30-24)19-13-11-18(12-14-19)17-7-4-3-5-8-17/h3-16H,2H2,1H3,(H,25,26,27). The Morgan fingerprint density at radius 1 is 0.903 bits per heavy atom. The molecular formula is C24H20N2O3S2. The zero-order chi connectivity index (χ0) is 21.8. The van der Waals surface area contributed by atoms with Crippen LogP contribution in [0.5, 0.6) is 0 Å². The summed E-state index contributed by atoms with van der Waals surface area (Å²) in [5.74, 6) is -0.412. The van der Waals surface area contributed by atoms with Gasteiger partial charge in [0.2, 0.25) is 0 Å². The second-order valence-electron chi connectivity index (χ2n) is 6.87. The number of sulfone groups is 1. The van der Waals surface area contributed by atoms with Gasteiger partial charge in [-0.2, -0.15) is 0 Å². The van der Waals surface area contributed by atoms with Gasteiger partial charge in [-0.25, -0.2) is 13.4 Å². The van der Waals surface area contributed by atoms with Gasteiger partial charge in [0.1, 0.15) is 0 Å². The minimum atomic E-state index is -3.38. The number of hydrogen-bond acceptors (Lipinski definition) is 5. The number of carbonyl (C=O) groups is 1. The predicted molar refractivity (Wildman–Crippen MR) is 125 cm³/mol. The fraction of sp³-hybridized carbons (Fsp3) is 0.0833. The van der Waals surface area contributed by atoms with Crippen LogP contribution in [0.1, 0.15) is 17.3 Å². The molecule has 0 aliphatic heterocycles. The molecule has 0 aliphatic rings. The van der Waals surface area contributed by atoms with Gasteiger partial charge in [0, 0.05) is 16.5 Å². The lowest BCUT2D eigenvalue weighted by Crippen LogP contribution is -2.13. The third-order valence-corrected chi connectivity index (χ3v) is 7.34. The van der Waals surface area contributed by atoms with E-state index in [9.17, 15) is 13.2 Å². The summed E-state index contributed by atoms with van der Waals surface area (Å²) in [5.41, 5.74) is 4.26. The fourth-order valence-corrected chi connectivity index (χ4v) is 4.74. The lowest BCUT2D eigenvalue weighted by atomic mass is 10.0. The van der Waals surface area contributed by atoms with E-state index in [1.165, 1.54) is 23.5 Å². The number of anilines is 1.